The Morgan fingerprint density at radius 3 is 2.33 bits per heavy atom. The highest BCUT2D eigenvalue weighted by Gasteiger charge is 1.90. The van der Waals surface area contributed by atoms with Crippen molar-refractivity contribution in [1.29, 1.82) is 0 Å². The van der Waals surface area contributed by atoms with Crippen LogP contribution in [0.25, 0.3) is 0 Å². The van der Waals surface area contributed by atoms with Gasteiger partial charge in [-0.25, -0.2) is 0 Å². The summed E-state index contributed by atoms with van der Waals surface area (Å²) < 4.78 is 0. The van der Waals surface area contributed by atoms with Gasteiger partial charge in [0.15, 0.2) is 0 Å². The van der Waals surface area contributed by atoms with Crippen LogP contribution in [0.1, 0.15) is 6.92 Å². The van der Waals surface area contributed by atoms with Crippen molar-refractivity contribution < 1.29 is 5.11 Å². The second-order valence-corrected chi connectivity index (χ2v) is 2.53. The maximum absolute atomic E-state index is 9.00. The number of rotatable bonds is 2. The van der Waals surface area contributed by atoms with E-state index in [4.69, 9.17) is 16.7 Å². The van der Waals surface area contributed by atoms with Gasteiger partial charge in [0.1, 0.15) is 0 Å². The minimum absolute atomic E-state index is 0.158. The van der Waals surface area contributed by atoms with E-state index in [1.807, 2.05) is 0 Å². The molecule has 74 valence electrons. The lowest BCUT2D eigenvalue weighted by molar-refractivity contribution is 0.247. The van der Waals surface area contributed by atoms with Crippen LogP contribution in [0.3, 0.4) is 0 Å². The van der Waals surface area contributed by atoms with E-state index in [1.165, 1.54) is 12.2 Å². The number of aliphatic hydroxyl groups is 1. The second kappa shape index (κ2) is 10.3. The number of halogens is 1. The third-order valence-corrected chi connectivity index (χ3v) is 1.39. The van der Waals surface area contributed by atoms with Gasteiger partial charge in [0, 0.05) is 0 Å². The summed E-state index contributed by atoms with van der Waals surface area (Å²) in [6.07, 6.45) is 2.34. The smallest absolute Gasteiger partial charge is 0.0865 e. The zero-order valence-corrected chi connectivity index (χ0v) is 9.02. The monoisotopic (exact) mass is 216 g/mol. The topological polar surface area (TPSA) is 20.2 Å². The van der Waals surface area contributed by atoms with Crippen molar-refractivity contribution in [1.82, 2.24) is 0 Å². The van der Waals surface area contributed by atoms with Crippen molar-refractivity contribution in [3.8, 4) is 47.4 Å². The summed E-state index contributed by atoms with van der Waals surface area (Å²) in [4.78, 5) is 0. The molecule has 0 aromatic rings. The predicted octanol–water partition coefficient (Wildman–Crippen LogP) is 1.18. The molecule has 0 spiro atoms. The number of hydrogen-bond acceptors (Lipinski definition) is 1. The summed E-state index contributed by atoms with van der Waals surface area (Å²) >= 11 is 5.35. The van der Waals surface area contributed by atoms with Crippen molar-refractivity contribution >= 4 is 11.6 Å². The molecule has 1 nitrogen and oxygen atoms in total. The van der Waals surface area contributed by atoms with Gasteiger partial charge in [-0.15, -0.1) is 11.6 Å². The average molecular weight is 217 g/mol. The standard InChI is InChI=1S/C13H9ClO/c1-2-3-4-5-6-7-8-9-10-11-13(15)12-14/h10-11,13,15H,12H2,1H3/b11-10+. The Bertz CT molecular complexity index is 444. The lowest BCUT2D eigenvalue weighted by Crippen LogP contribution is -2.01. The maximum atomic E-state index is 9.00. The van der Waals surface area contributed by atoms with Crippen molar-refractivity contribution in [3.63, 3.8) is 0 Å². The van der Waals surface area contributed by atoms with E-state index < -0.39 is 6.10 Å². The first-order valence-electron chi connectivity index (χ1n) is 4.14. The zero-order valence-electron chi connectivity index (χ0n) is 8.26. The van der Waals surface area contributed by atoms with Gasteiger partial charge in [0.2, 0.25) is 0 Å². The molecule has 1 N–H and O–H groups in total. The van der Waals surface area contributed by atoms with Gasteiger partial charge in [-0.2, -0.15) is 0 Å². The van der Waals surface area contributed by atoms with E-state index in [1.54, 1.807) is 6.92 Å². The number of hydrogen-bond donors (Lipinski definition) is 1. The molecule has 2 heteroatoms. The third kappa shape index (κ3) is 10.1. The van der Waals surface area contributed by atoms with Crippen LogP contribution >= 0.6 is 11.6 Å². The quantitative estimate of drug-likeness (QED) is 0.543. The number of alkyl halides is 1. The average Bonchev–Trinajstić information content (AvgIpc) is 2.26. The van der Waals surface area contributed by atoms with E-state index in [9.17, 15) is 0 Å². The summed E-state index contributed by atoms with van der Waals surface area (Å²) in [6, 6.07) is 0. The Morgan fingerprint density at radius 1 is 1.13 bits per heavy atom. The molecule has 0 rings (SSSR count). The van der Waals surface area contributed by atoms with Gasteiger partial charge in [0.05, 0.1) is 12.0 Å². The Kier molecular flexibility index (Phi) is 9.09. The molecule has 0 radical (unpaired) electrons. The molecular weight excluding hydrogens is 208 g/mol. The van der Waals surface area contributed by atoms with Crippen LogP contribution < -0.4 is 0 Å². The molecule has 0 aromatic carbocycles. The number of aliphatic hydroxyl groups excluding tert-OH is 1. The Labute approximate surface area is 95.5 Å². The van der Waals surface area contributed by atoms with Crippen LogP contribution in [0.15, 0.2) is 12.2 Å². The first-order valence-corrected chi connectivity index (χ1v) is 4.67. The zero-order chi connectivity index (χ0) is 11.4. The van der Waals surface area contributed by atoms with Crippen LogP contribution in [0.4, 0.5) is 0 Å². The highest BCUT2D eigenvalue weighted by molar-refractivity contribution is 6.18. The Balaban J connectivity index is 4.05. The lowest BCUT2D eigenvalue weighted by Gasteiger charge is -1.93. The van der Waals surface area contributed by atoms with Crippen LogP contribution in [-0.4, -0.2) is 17.1 Å². The molecule has 0 aliphatic rings. The molecule has 0 heterocycles. The molecule has 0 fully saturated rings. The lowest BCUT2D eigenvalue weighted by atomic mass is 10.3. The molecule has 0 saturated carbocycles. The Morgan fingerprint density at radius 2 is 1.73 bits per heavy atom. The summed E-state index contributed by atoms with van der Waals surface area (Å²) in [7, 11) is 0. The van der Waals surface area contributed by atoms with Crippen molar-refractivity contribution in [2.45, 2.75) is 13.0 Å². The largest absolute Gasteiger partial charge is 0.388 e. The van der Waals surface area contributed by atoms with Crippen molar-refractivity contribution in [2.75, 3.05) is 5.88 Å². The van der Waals surface area contributed by atoms with E-state index in [0.29, 0.717) is 0 Å². The summed E-state index contributed by atoms with van der Waals surface area (Å²) in [5.74, 6) is 20.6. The molecule has 0 aromatic heterocycles. The molecule has 0 bridgehead atoms. The fourth-order valence-corrected chi connectivity index (χ4v) is 0.579. The highest BCUT2D eigenvalue weighted by Crippen LogP contribution is 1.87. The maximum Gasteiger partial charge on any atom is 0.0865 e. The van der Waals surface area contributed by atoms with Crippen LogP contribution in [0.2, 0.25) is 0 Å². The van der Waals surface area contributed by atoms with Gasteiger partial charge in [-0.3, -0.25) is 0 Å². The summed E-state index contributed by atoms with van der Waals surface area (Å²) in [5.41, 5.74) is 0. The fourth-order valence-electron chi connectivity index (χ4n) is 0.476. The molecule has 1 atom stereocenters. The van der Waals surface area contributed by atoms with Crippen molar-refractivity contribution in [3.05, 3.63) is 12.2 Å². The van der Waals surface area contributed by atoms with Gasteiger partial charge < -0.3 is 5.11 Å². The van der Waals surface area contributed by atoms with E-state index in [0.717, 1.165) is 0 Å². The van der Waals surface area contributed by atoms with Gasteiger partial charge in [-0.1, -0.05) is 11.8 Å². The predicted molar refractivity (Wildman–Crippen MR) is 62.6 cm³/mol. The molecule has 0 amide bonds. The van der Waals surface area contributed by atoms with Crippen LogP contribution in [0, 0.1) is 47.4 Å². The molecule has 1 unspecified atom stereocenters. The third-order valence-electron chi connectivity index (χ3n) is 1.07. The molecule has 0 aliphatic heterocycles. The highest BCUT2D eigenvalue weighted by atomic mass is 35.5. The van der Waals surface area contributed by atoms with Crippen LogP contribution in [-0.2, 0) is 0 Å². The first-order chi connectivity index (χ1) is 7.31. The van der Waals surface area contributed by atoms with E-state index >= 15 is 0 Å². The minimum atomic E-state index is -0.659. The molecule has 15 heavy (non-hydrogen) atoms. The SMILES string of the molecule is CC#CC#CC#CC#C/C=C/C(O)CCl. The molecule has 0 aliphatic carbocycles. The fraction of sp³-hybridized carbons (Fsp3) is 0.231. The summed E-state index contributed by atoms with van der Waals surface area (Å²) in [6.45, 7) is 1.70. The normalized spacial score (nSPS) is 9.27. The van der Waals surface area contributed by atoms with Gasteiger partial charge >= 0.3 is 0 Å². The second-order valence-electron chi connectivity index (χ2n) is 2.23. The van der Waals surface area contributed by atoms with Crippen LogP contribution in [0.5, 0.6) is 0 Å². The molecular formula is C13H9ClO. The van der Waals surface area contributed by atoms with Gasteiger partial charge in [0.25, 0.3) is 0 Å². The van der Waals surface area contributed by atoms with E-state index in [-0.39, 0.29) is 5.88 Å². The molecule has 0 saturated heterocycles. The van der Waals surface area contributed by atoms with Gasteiger partial charge in [-0.05, 0) is 54.6 Å². The summed E-state index contributed by atoms with van der Waals surface area (Å²) in [5, 5.41) is 9.00. The first kappa shape index (κ1) is 13.2. The van der Waals surface area contributed by atoms with Crippen molar-refractivity contribution in [2.24, 2.45) is 0 Å². The minimum Gasteiger partial charge on any atom is -0.388 e. The Hall–Kier alpha value is -1.77. The number of allylic oxidation sites excluding steroid dienone is 1. The van der Waals surface area contributed by atoms with E-state index in [2.05, 4.69) is 47.4 Å².